The molecule has 1 aliphatic heterocycles. The van der Waals surface area contributed by atoms with Crippen LogP contribution < -0.4 is 0 Å². The number of ether oxygens (including phenoxy) is 2. The number of rotatable bonds is 0. The maximum Gasteiger partial charge on any atom is 0.337 e. The Morgan fingerprint density at radius 2 is 0.958 bits per heavy atom. The number of fused-ring (bicyclic) bond motifs is 2. The predicted molar refractivity (Wildman–Crippen MR) is 64.2 cm³/mol. The average molecular weight is 488 g/mol. The van der Waals surface area contributed by atoms with Gasteiger partial charge in [0.1, 0.15) is 0 Å². The van der Waals surface area contributed by atoms with Crippen LogP contribution in [0.4, 0.5) is 43.9 Å². The van der Waals surface area contributed by atoms with Crippen LogP contribution in [0, 0.1) is 5.41 Å². The van der Waals surface area contributed by atoms with Gasteiger partial charge in [-0.15, -0.1) is 0 Å². The summed E-state index contributed by atoms with van der Waals surface area (Å²) in [5, 5.41) is 0. The van der Waals surface area contributed by atoms with Gasteiger partial charge in [-0.2, -0.15) is 43.9 Å². The van der Waals surface area contributed by atoms with E-state index >= 15 is 0 Å². The van der Waals surface area contributed by atoms with Gasteiger partial charge in [-0.1, -0.05) is 22.6 Å². The molecule has 1 spiro atoms. The summed E-state index contributed by atoms with van der Waals surface area (Å²) in [6.45, 7) is -2.34. The Kier molecular flexibility index (Phi) is 3.20. The van der Waals surface area contributed by atoms with Crippen molar-refractivity contribution in [3.05, 3.63) is 0 Å². The lowest BCUT2D eigenvalue weighted by molar-refractivity contribution is -0.551. The third-order valence-corrected chi connectivity index (χ3v) is 7.14. The van der Waals surface area contributed by atoms with E-state index in [-0.39, 0.29) is 0 Å². The fraction of sp³-hybridized carbons (Fsp3) is 1.00. The number of hydrogen-bond donors (Lipinski definition) is 0. The average Bonchev–Trinajstić information content (AvgIpc) is 2.93. The number of hydrogen-bond acceptors (Lipinski definition) is 2. The molecule has 4 rings (SSSR count). The summed E-state index contributed by atoms with van der Waals surface area (Å²) in [5.74, 6) is -34.3. The van der Waals surface area contributed by atoms with Crippen LogP contribution in [0.25, 0.3) is 0 Å². The molecule has 0 atom stereocenters. The minimum absolute atomic E-state index is 0.393. The van der Waals surface area contributed by atoms with Gasteiger partial charge in [-0.05, 0) is 6.92 Å². The van der Waals surface area contributed by atoms with E-state index in [1.165, 1.54) is 0 Å². The molecule has 0 aromatic rings. The van der Waals surface area contributed by atoms with Gasteiger partial charge in [0.05, 0.1) is 13.2 Å². The van der Waals surface area contributed by atoms with Crippen molar-refractivity contribution in [2.45, 2.75) is 45.7 Å². The highest BCUT2D eigenvalue weighted by Gasteiger charge is 3.11. The second-order valence-corrected chi connectivity index (χ2v) is 7.59. The topological polar surface area (TPSA) is 18.5 Å². The van der Waals surface area contributed by atoms with Gasteiger partial charge in [0.2, 0.25) is 3.42 Å². The van der Waals surface area contributed by atoms with Gasteiger partial charge in [-0.25, -0.2) is 0 Å². The molecule has 13 heteroatoms. The van der Waals surface area contributed by atoms with Crippen LogP contribution in [0.2, 0.25) is 0 Å². The van der Waals surface area contributed by atoms with E-state index in [0.29, 0.717) is 0 Å². The Morgan fingerprint density at radius 1 is 0.625 bits per heavy atom. The summed E-state index contributed by atoms with van der Waals surface area (Å²) in [5.41, 5.74) is -5.03. The second kappa shape index (κ2) is 4.10. The molecular weight excluding hydrogens is 481 g/mol. The minimum atomic E-state index is -6.19. The maximum absolute atomic E-state index is 14.7. The molecule has 0 aromatic carbocycles. The monoisotopic (exact) mass is 488 g/mol. The lowest BCUT2D eigenvalue weighted by Gasteiger charge is -2.70. The zero-order valence-corrected chi connectivity index (χ0v) is 13.5. The molecule has 0 radical (unpaired) electrons. The van der Waals surface area contributed by atoms with E-state index in [0.717, 1.165) is 0 Å². The quantitative estimate of drug-likeness (QED) is 0.291. The summed E-state index contributed by atoms with van der Waals surface area (Å²) < 4.78 is 146. The van der Waals surface area contributed by atoms with Crippen molar-refractivity contribution in [2.24, 2.45) is 5.41 Å². The van der Waals surface area contributed by atoms with Crippen LogP contribution in [0.3, 0.4) is 0 Å². The molecule has 0 N–H and O–H groups in total. The molecule has 4 aliphatic rings. The molecule has 24 heavy (non-hydrogen) atoms. The van der Waals surface area contributed by atoms with Gasteiger partial charge in [0.15, 0.2) is 5.41 Å². The fourth-order valence-corrected chi connectivity index (χ4v) is 4.72. The van der Waals surface area contributed by atoms with Crippen molar-refractivity contribution in [1.82, 2.24) is 0 Å². The molecule has 0 unspecified atom stereocenters. The second-order valence-electron chi connectivity index (χ2n) is 5.97. The molecule has 140 valence electrons. The van der Waals surface area contributed by atoms with E-state index < -0.39 is 87.0 Å². The molecule has 0 aromatic heterocycles. The molecule has 4 fully saturated rings. The summed E-state index contributed by atoms with van der Waals surface area (Å²) in [6, 6.07) is 0. The Labute approximate surface area is 141 Å². The van der Waals surface area contributed by atoms with Gasteiger partial charge in [0, 0.05) is 0 Å². The Balaban J connectivity index is 2.53. The zero-order valence-electron chi connectivity index (χ0n) is 11.4. The molecule has 2 nitrogen and oxygen atoms in total. The van der Waals surface area contributed by atoms with Crippen LogP contribution in [0.15, 0.2) is 0 Å². The molecule has 1 heterocycles. The Hall–Kier alpha value is -0.0500. The van der Waals surface area contributed by atoms with Gasteiger partial charge >= 0.3 is 29.6 Å². The summed E-state index contributed by atoms with van der Waals surface area (Å²) in [4.78, 5) is 0. The Bertz CT molecular complexity index is 570. The van der Waals surface area contributed by atoms with Crippen molar-refractivity contribution >= 4 is 22.6 Å². The van der Waals surface area contributed by atoms with Gasteiger partial charge < -0.3 is 9.47 Å². The predicted octanol–water partition coefficient (Wildman–Crippen LogP) is 4.11. The van der Waals surface area contributed by atoms with E-state index in [1.807, 2.05) is 0 Å². The van der Waals surface area contributed by atoms with Crippen molar-refractivity contribution in [2.75, 3.05) is 13.2 Å². The lowest BCUT2D eigenvalue weighted by atomic mass is 9.48. The standard InChI is InChI=1S/C11H7F10IO2/c1-4-6(12,13)8(16,17)5(22,9(18,19)7(4,14)15)10(20,21)11(4)23-2-3-24-11/h2-3H2,1H3. The van der Waals surface area contributed by atoms with E-state index in [2.05, 4.69) is 9.47 Å². The zero-order chi connectivity index (χ0) is 18.8. The van der Waals surface area contributed by atoms with Crippen LogP contribution in [-0.4, -0.2) is 52.0 Å². The smallest absolute Gasteiger partial charge is 0.337 e. The van der Waals surface area contributed by atoms with Gasteiger partial charge in [0.25, 0.3) is 5.79 Å². The Morgan fingerprint density at radius 3 is 1.29 bits per heavy atom. The first-order valence-corrected chi connectivity index (χ1v) is 7.39. The highest BCUT2D eigenvalue weighted by Crippen LogP contribution is 2.85. The summed E-state index contributed by atoms with van der Waals surface area (Å²) >= 11 is -0.393. The van der Waals surface area contributed by atoms with Crippen LogP contribution >= 0.6 is 22.6 Å². The maximum atomic E-state index is 14.7. The van der Waals surface area contributed by atoms with Crippen LogP contribution in [-0.2, 0) is 9.47 Å². The molecule has 3 saturated carbocycles. The lowest BCUT2D eigenvalue weighted by Crippen LogP contribution is -2.98. The first-order chi connectivity index (χ1) is 10.5. The minimum Gasteiger partial charge on any atom is -0.342 e. The highest BCUT2D eigenvalue weighted by atomic mass is 127. The molecule has 3 aliphatic carbocycles. The van der Waals surface area contributed by atoms with Crippen LogP contribution in [0.1, 0.15) is 6.92 Å². The summed E-state index contributed by atoms with van der Waals surface area (Å²) in [6.07, 6.45) is 0. The first-order valence-electron chi connectivity index (χ1n) is 6.31. The largest absolute Gasteiger partial charge is 0.342 e. The number of alkyl halides is 11. The summed E-state index contributed by atoms with van der Waals surface area (Å²) in [7, 11) is 0. The SMILES string of the molecule is CC12C(F)(F)C(F)(F)C(I)(C(F)(F)C1(F)F)C(F)(F)C21OCCO1. The van der Waals surface area contributed by atoms with Gasteiger partial charge in [-0.3, -0.25) is 0 Å². The van der Waals surface area contributed by atoms with E-state index in [9.17, 15) is 43.9 Å². The third-order valence-electron chi connectivity index (χ3n) is 5.11. The molecule has 2 bridgehead atoms. The normalized spacial score (nSPS) is 45.5. The van der Waals surface area contributed by atoms with E-state index in [1.54, 1.807) is 0 Å². The molecule has 0 amide bonds. The van der Waals surface area contributed by atoms with Crippen molar-refractivity contribution < 1.29 is 53.4 Å². The first kappa shape index (κ1) is 18.7. The number of halogens is 11. The highest BCUT2D eigenvalue weighted by molar-refractivity contribution is 14.1. The van der Waals surface area contributed by atoms with Crippen molar-refractivity contribution in [3.8, 4) is 0 Å². The molecular formula is C11H7F10IO2. The van der Waals surface area contributed by atoms with Crippen molar-refractivity contribution in [3.63, 3.8) is 0 Å². The van der Waals surface area contributed by atoms with Crippen molar-refractivity contribution in [1.29, 1.82) is 0 Å². The third kappa shape index (κ3) is 1.19. The van der Waals surface area contributed by atoms with Crippen LogP contribution in [0.5, 0.6) is 0 Å². The van der Waals surface area contributed by atoms with E-state index in [4.69, 9.17) is 0 Å². The fourth-order valence-electron chi connectivity index (χ4n) is 3.69. The molecule has 1 saturated heterocycles.